The average Bonchev–Trinajstić information content (AvgIpc) is 2.81. The van der Waals surface area contributed by atoms with E-state index < -0.39 is 18.1 Å². The number of rotatable bonds is 13. The third-order valence-electron chi connectivity index (χ3n) is 5.12. The number of methoxy groups -OCH3 is 1. The molecule has 0 saturated carbocycles. The minimum Gasteiger partial charge on any atom is -0.445 e. The number of amides is 2. The van der Waals surface area contributed by atoms with Crippen molar-refractivity contribution < 1.29 is 23.9 Å². The number of nitrogens with one attached hydrogen (secondary N) is 2. The first-order valence-corrected chi connectivity index (χ1v) is 11.2. The fourth-order valence-electron chi connectivity index (χ4n) is 3.42. The standard InChI is InChI=1S/C26H34N2O5/c1-19(2)14-23(28-26(31)33-17-21-12-8-5-9-13-21)25(30)27-16-22(24(29)18-32-3)15-20-10-6-4-7-11-20/h4-13,19,22-23H,14-18H2,1-3H3,(H,27,30)(H,28,31)/t22-,23-/m0/s1. The molecule has 0 fully saturated rings. The van der Waals surface area contributed by atoms with Gasteiger partial charge in [0.2, 0.25) is 5.91 Å². The first-order chi connectivity index (χ1) is 15.9. The molecule has 0 aromatic heterocycles. The fourth-order valence-corrected chi connectivity index (χ4v) is 3.42. The number of hydrogen-bond acceptors (Lipinski definition) is 5. The Hall–Kier alpha value is -3.19. The minimum atomic E-state index is -0.761. The van der Waals surface area contributed by atoms with Gasteiger partial charge in [-0.1, -0.05) is 74.5 Å². The largest absolute Gasteiger partial charge is 0.445 e. The molecule has 7 heteroatoms. The van der Waals surface area contributed by atoms with Gasteiger partial charge in [-0.3, -0.25) is 9.59 Å². The molecule has 2 amide bonds. The smallest absolute Gasteiger partial charge is 0.408 e. The summed E-state index contributed by atoms with van der Waals surface area (Å²) in [6, 6.07) is 18.2. The van der Waals surface area contributed by atoms with E-state index in [0.29, 0.717) is 12.8 Å². The van der Waals surface area contributed by atoms with E-state index in [4.69, 9.17) is 9.47 Å². The SMILES string of the molecule is COCC(=O)[C@H](CNC(=O)[C@H](CC(C)C)NC(=O)OCc1ccccc1)Cc1ccccc1. The lowest BCUT2D eigenvalue weighted by Crippen LogP contribution is -2.49. The average molecular weight is 455 g/mol. The summed E-state index contributed by atoms with van der Waals surface area (Å²) in [7, 11) is 1.47. The molecule has 7 nitrogen and oxygen atoms in total. The van der Waals surface area contributed by atoms with Crippen LogP contribution in [0.1, 0.15) is 31.4 Å². The molecule has 2 rings (SSSR count). The van der Waals surface area contributed by atoms with E-state index in [-0.39, 0.29) is 37.4 Å². The highest BCUT2D eigenvalue weighted by Crippen LogP contribution is 2.11. The third-order valence-corrected chi connectivity index (χ3v) is 5.12. The zero-order chi connectivity index (χ0) is 24.1. The van der Waals surface area contributed by atoms with E-state index in [1.54, 1.807) is 0 Å². The predicted octanol–water partition coefficient (Wildman–Crippen LogP) is 3.52. The molecule has 2 N–H and O–H groups in total. The number of carbonyl (C=O) groups excluding carboxylic acids is 3. The zero-order valence-corrected chi connectivity index (χ0v) is 19.6. The van der Waals surface area contributed by atoms with Gasteiger partial charge in [0.1, 0.15) is 19.3 Å². The Morgan fingerprint density at radius 3 is 2.09 bits per heavy atom. The number of ether oxygens (including phenoxy) is 2. The van der Waals surface area contributed by atoms with Gasteiger partial charge in [0, 0.05) is 19.6 Å². The summed E-state index contributed by atoms with van der Waals surface area (Å²) in [5.41, 5.74) is 1.86. The van der Waals surface area contributed by atoms with Crippen molar-refractivity contribution in [3.63, 3.8) is 0 Å². The van der Waals surface area contributed by atoms with Crippen molar-refractivity contribution in [3.05, 3.63) is 71.8 Å². The van der Waals surface area contributed by atoms with Crippen LogP contribution in [0.2, 0.25) is 0 Å². The van der Waals surface area contributed by atoms with Gasteiger partial charge < -0.3 is 20.1 Å². The minimum absolute atomic E-state index is 0.0210. The second kappa shape index (κ2) is 14.1. The van der Waals surface area contributed by atoms with Crippen LogP contribution in [-0.2, 0) is 32.1 Å². The summed E-state index contributed by atoms with van der Waals surface area (Å²) in [5.74, 6) is -0.688. The maximum Gasteiger partial charge on any atom is 0.408 e. The molecule has 0 aliphatic rings. The Kier molecular flexibility index (Phi) is 11.1. The summed E-state index contributed by atoms with van der Waals surface area (Å²) in [5, 5.41) is 5.50. The summed E-state index contributed by atoms with van der Waals surface area (Å²) in [6.45, 7) is 4.20. The molecule has 0 bridgehead atoms. The topological polar surface area (TPSA) is 93.7 Å². The van der Waals surface area contributed by atoms with Gasteiger partial charge in [0.25, 0.3) is 0 Å². The number of hydrogen-bond donors (Lipinski definition) is 2. The maximum atomic E-state index is 12.9. The van der Waals surface area contributed by atoms with Crippen LogP contribution in [-0.4, -0.2) is 44.1 Å². The van der Waals surface area contributed by atoms with Crippen LogP contribution < -0.4 is 10.6 Å². The summed E-state index contributed by atoms with van der Waals surface area (Å²) >= 11 is 0. The van der Waals surface area contributed by atoms with Crippen LogP contribution in [0.4, 0.5) is 4.79 Å². The molecule has 33 heavy (non-hydrogen) atoms. The van der Waals surface area contributed by atoms with Gasteiger partial charge in [0.15, 0.2) is 5.78 Å². The molecule has 0 radical (unpaired) electrons. The normalized spacial score (nSPS) is 12.6. The Labute approximate surface area is 195 Å². The van der Waals surface area contributed by atoms with Crippen LogP contribution in [0.15, 0.2) is 60.7 Å². The molecule has 178 valence electrons. The van der Waals surface area contributed by atoms with Crippen molar-refractivity contribution in [1.29, 1.82) is 0 Å². The lowest BCUT2D eigenvalue weighted by Gasteiger charge is -2.22. The van der Waals surface area contributed by atoms with Gasteiger partial charge in [0.05, 0.1) is 0 Å². The molecular weight excluding hydrogens is 420 g/mol. The van der Waals surface area contributed by atoms with Crippen LogP contribution in [0.3, 0.4) is 0 Å². The fraction of sp³-hybridized carbons (Fsp3) is 0.423. The van der Waals surface area contributed by atoms with E-state index in [2.05, 4.69) is 10.6 Å². The maximum absolute atomic E-state index is 12.9. The van der Waals surface area contributed by atoms with Gasteiger partial charge in [-0.15, -0.1) is 0 Å². The highest BCUT2D eigenvalue weighted by atomic mass is 16.5. The number of Topliss-reactive ketones (excluding diaryl/α,β-unsaturated/α-hetero) is 1. The third kappa shape index (κ3) is 9.87. The van der Waals surface area contributed by atoms with Crippen molar-refractivity contribution in [2.45, 2.75) is 39.3 Å². The van der Waals surface area contributed by atoms with Gasteiger partial charge in [-0.05, 0) is 29.9 Å². The van der Waals surface area contributed by atoms with E-state index in [9.17, 15) is 14.4 Å². The predicted molar refractivity (Wildman–Crippen MR) is 127 cm³/mol. The molecule has 0 spiro atoms. The number of carbonyl (C=O) groups is 3. The first kappa shape index (κ1) is 26.1. The molecule has 2 aromatic carbocycles. The zero-order valence-electron chi connectivity index (χ0n) is 19.6. The Morgan fingerprint density at radius 1 is 0.909 bits per heavy atom. The van der Waals surface area contributed by atoms with Crippen LogP contribution in [0.25, 0.3) is 0 Å². The summed E-state index contributed by atoms with van der Waals surface area (Å²) in [6.07, 6.45) is 0.280. The molecule has 2 aromatic rings. The quantitative estimate of drug-likeness (QED) is 0.483. The number of ketones is 1. The van der Waals surface area contributed by atoms with Crippen LogP contribution >= 0.6 is 0 Å². The Bertz CT molecular complexity index is 871. The van der Waals surface area contributed by atoms with Crippen molar-refractivity contribution in [2.75, 3.05) is 20.3 Å². The van der Waals surface area contributed by atoms with Crippen LogP contribution in [0, 0.1) is 11.8 Å². The van der Waals surface area contributed by atoms with Crippen molar-refractivity contribution >= 4 is 17.8 Å². The monoisotopic (exact) mass is 454 g/mol. The molecule has 0 saturated heterocycles. The second-order valence-electron chi connectivity index (χ2n) is 8.42. The lowest BCUT2D eigenvalue weighted by atomic mass is 9.95. The van der Waals surface area contributed by atoms with Gasteiger partial charge in [-0.25, -0.2) is 4.79 Å². The van der Waals surface area contributed by atoms with E-state index in [0.717, 1.165) is 11.1 Å². The second-order valence-corrected chi connectivity index (χ2v) is 8.42. The lowest BCUT2D eigenvalue weighted by molar-refractivity contribution is -0.127. The van der Waals surface area contributed by atoms with Crippen molar-refractivity contribution in [2.24, 2.45) is 11.8 Å². The molecule has 0 unspecified atom stereocenters. The highest BCUT2D eigenvalue weighted by Gasteiger charge is 2.25. The van der Waals surface area contributed by atoms with Gasteiger partial charge >= 0.3 is 6.09 Å². The van der Waals surface area contributed by atoms with Gasteiger partial charge in [-0.2, -0.15) is 0 Å². The molecular formula is C26H34N2O5. The highest BCUT2D eigenvalue weighted by molar-refractivity contribution is 5.87. The van der Waals surface area contributed by atoms with Crippen LogP contribution in [0.5, 0.6) is 0 Å². The molecule has 0 aliphatic heterocycles. The Balaban J connectivity index is 1.96. The molecule has 0 aliphatic carbocycles. The number of benzene rings is 2. The molecule has 0 heterocycles. The van der Waals surface area contributed by atoms with Crippen molar-refractivity contribution in [3.8, 4) is 0 Å². The van der Waals surface area contributed by atoms with Crippen molar-refractivity contribution in [1.82, 2.24) is 10.6 Å². The Morgan fingerprint density at radius 2 is 1.52 bits per heavy atom. The molecule has 2 atom stereocenters. The summed E-state index contributed by atoms with van der Waals surface area (Å²) in [4.78, 5) is 37.7. The number of alkyl carbamates (subject to hydrolysis) is 1. The van der Waals surface area contributed by atoms with E-state index >= 15 is 0 Å². The first-order valence-electron chi connectivity index (χ1n) is 11.2. The van der Waals surface area contributed by atoms with E-state index in [1.807, 2.05) is 74.5 Å². The summed E-state index contributed by atoms with van der Waals surface area (Å²) < 4.78 is 10.3. The van der Waals surface area contributed by atoms with E-state index in [1.165, 1.54) is 7.11 Å².